The number of carboxylic acid groups (broad SMARTS) is 1. The molecule has 0 radical (unpaired) electrons. The van der Waals surface area contributed by atoms with E-state index in [1.54, 1.807) is 0 Å². The second-order valence-electron chi connectivity index (χ2n) is 4.73. The van der Waals surface area contributed by atoms with Gasteiger partial charge in [-0.2, -0.15) is 0 Å². The van der Waals surface area contributed by atoms with Gasteiger partial charge in [0.2, 0.25) is 0 Å². The van der Waals surface area contributed by atoms with Crippen LogP contribution < -0.4 is 0 Å². The number of thioether (sulfide) groups is 1. The average Bonchev–Trinajstić information content (AvgIpc) is 2.36. The van der Waals surface area contributed by atoms with Crippen molar-refractivity contribution in [3.05, 3.63) is 64.5 Å². The van der Waals surface area contributed by atoms with Crippen molar-refractivity contribution in [2.45, 2.75) is 24.5 Å². The Kier molecular flexibility index (Phi) is 4.45. The molecule has 2 aromatic rings. The van der Waals surface area contributed by atoms with Gasteiger partial charge >= 0.3 is 5.97 Å². The van der Waals surface area contributed by atoms with Gasteiger partial charge in [-0.1, -0.05) is 29.3 Å². The minimum Gasteiger partial charge on any atom is -0.478 e. The molecule has 1 N–H and O–H groups in total. The molecular weight excluding hydrogens is 275 g/mol. The summed E-state index contributed by atoms with van der Waals surface area (Å²) < 4.78 is 13.1. The summed E-state index contributed by atoms with van der Waals surface area (Å²) in [4.78, 5) is 11.7. The molecule has 0 saturated heterocycles. The highest BCUT2D eigenvalue weighted by Crippen LogP contribution is 2.27. The third-order valence-corrected chi connectivity index (χ3v) is 3.99. The number of hydrogen-bond donors (Lipinski definition) is 1. The average molecular weight is 290 g/mol. The maximum Gasteiger partial charge on any atom is 0.336 e. The van der Waals surface area contributed by atoms with E-state index < -0.39 is 11.8 Å². The molecule has 0 aliphatic heterocycles. The smallest absolute Gasteiger partial charge is 0.336 e. The second kappa shape index (κ2) is 6.09. The van der Waals surface area contributed by atoms with Gasteiger partial charge in [-0.05, 0) is 37.6 Å². The Morgan fingerprint density at radius 1 is 1.15 bits per heavy atom. The minimum absolute atomic E-state index is 0.0133. The van der Waals surface area contributed by atoms with E-state index in [0.717, 1.165) is 11.6 Å². The molecule has 4 heteroatoms. The topological polar surface area (TPSA) is 37.3 Å². The predicted molar refractivity (Wildman–Crippen MR) is 78.8 cm³/mol. The molecule has 20 heavy (non-hydrogen) atoms. The lowest BCUT2D eigenvalue weighted by molar-refractivity contribution is 0.0692. The molecule has 2 nitrogen and oxygen atoms in total. The van der Waals surface area contributed by atoms with Crippen molar-refractivity contribution in [1.82, 2.24) is 0 Å². The maximum absolute atomic E-state index is 13.1. The van der Waals surface area contributed by atoms with Gasteiger partial charge in [0.25, 0.3) is 0 Å². The Labute approximate surface area is 121 Å². The number of carboxylic acids is 1. The first-order valence-corrected chi connectivity index (χ1v) is 7.17. The normalized spacial score (nSPS) is 10.6. The van der Waals surface area contributed by atoms with Crippen molar-refractivity contribution in [3.8, 4) is 0 Å². The van der Waals surface area contributed by atoms with Gasteiger partial charge in [-0.25, -0.2) is 9.18 Å². The van der Waals surface area contributed by atoms with Crippen LogP contribution in [0.2, 0.25) is 0 Å². The number of aromatic carboxylic acids is 1. The van der Waals surface area contributed by atoms with E-state index in [2.05, 4.69) is 18.2 Å². The standard InChI is InChI=1S/C16H15FO2S/c1-10-5-11(2)7-12(6-10)9-20-15-4-3-13(17)8-14(15)16(18)19/h3-8H,9H2,1-2H3,(H,18,19). The summed E-state index contributed by atoms with van der Waals surface area (Å²) in [6.07, 6.45) is 0. The van der Waals surface area contributed by atoms with Crippen molar-refractivity contribution < 1.29 is 14.3 Å². The third-order valence-electron chi connectivity index (χ3n) is 2.85. The Hall–Kier alpha value is -1.81. The van der Waals surface area contributed by atoms with Crippen LogP contribution in [-0.2, 0) is 5.75 Å². The van der Waals surface area contributed by atoms with Crippen LogP contribution in [0.1, 0.15) is 27.0 Å². The molecule has 0 spiro atoms. The van der Waals surface area contributed by atoms with Gasteiger partial charge in [0, 0.05) is 10.6 Å². The summed E-state index contributed by atoms with van der Waals surface area (Å²) in [5.41, 5.74) is 3.50. The lowest BCUT2D eigenvalue weighted by atomic mass is 10.1. The summed E-state index contributed by atoms with van der Waals surface area (Å²) in [6.45, 7) is 4.06. The molecular formula is C16H15FO2S. The summed E-state index contributed by atoms with van der Waals surface area (Å²) >= 11 is 1.41. The molecule has 0 aromatic heterocycles. The van der Waals surface area contributed by atoms with Crippen molar-refractivity contribution >= 4 is 17.7 Å². The molecule has 104 valence electrons. The highest BCUT2D eigenvalue weighted by molar-refractivity contribution is 7.98. The Morgan fingerprint density at radius 2 is 1.80 bits per heavy atom. The largest absolute Gasteiger partial charge is 0.478 e. The molecule has 0 aliphatic carbocycles. The summed E-state index contributed by atoms with van der Waals surface area (Å²) in [6, 6.07) is 10.1. The van der Waals surface area contributed by atoms with E-state index in [1.165, 1.54) is 35.0 Å². The van der Waals surface area contributed by atoms with Crippen LogP contribution in [0, 0.1) is 19.7 Å². The van der Waals surface area contributed by atoms with Gasteiger partial charge in [0.15, 0.2) is 0 Å². The number of aryl methyl sites for hydroxylation is 2. The van der Waals surface area contributed by atoms with Gasteiger partial charge in [0.1, 0.15) is 5.82 Å². The van der Waals surface area contributed by atoms with Gasteiger partial charge in [0.05, 0.1) is 5.56 Å². The van der Waals surface area contributed by atoms with Gasteiger partial charge < -0.3 is 5.11 Å². The van der Waals surface area contributed by atoms with Crippen molar-refractivity contribution in [1.29, 1.82) is 0 Å². The van der Waals surface area contributed by atoms with E-state index in [9.17, 15) is 9.18 Å². The lowest BCUT2D eigenvalue weighted by Gasteiger charge is -2.08. The molecule has 0 unspecified atom stereocenters. The molecule has 0 bridgehead atoms. The molecule has 2 aromatic carbocycles. The van der Waals surface area contributed by atoms with Crippen LogP contribution in [0.3, 0.4) is 0 Å². The zero-order chi connectivity index (χ0) is 14.7. The Morgan fingerprint density at radius 3 is 2.40 bits per heavy atom. The molecule has 0 heterocycles. The fourth-order valence-corrected chi connectivity index (χ4v) is 3.06. The van der Waals surface area contributed by atoms with E-state index in [4.69, 9.17) is 5.11 Å². The van der Waals surface area contributed by atoms with Crippen LogP contribution >= 0.6 is 11.8 Å². The molecule has 0 saturated carbocycles. The lowest BCUT2D eigenvalue weighted by Crippen LogP contribution is -2.00. The van der Waals surface area contributed by atoms with Crippen molar-refractivity contribution in [2.75, 3.05) is 0 Å². The van der Waals surface area contributed by atoms with E-state index in [0.29, 0.717) is 10.6 Å². The van der Waals surface area contributed by atoms with E-state index in [1.807, 2.05) is 13.8 Å². The SMILES string of the molecule is Cc1cc(C)cc(CSc2ccc(F)cc2C(=O)O)c1. The minimum atomic E-state index is -1.10. The zero-order valence-electron chi connectivity index (χ0n) is 11.3. The summed E-state index contributed by atoms with van der Waals surface area (Å²) in [7, 11) is 0. The molecule has 0 aliphatic rings. The molecule has 0 fully saturated rings. The van der Waals surface area contributed by atoms with E-state index >= 15 is 0 Å². The first-order valence-electron chi connectivity index (χ1n) is 6.18. The molecule has 0 atom stereocenters. The fraction of sp³-hybridized carbons (Fsp3) is 0.188. The van der Waals surface area contributed by atoms with Crippen LogP contribution in [0.25, 0.3) is 0 Å². The quantitative estimate of drug-likeness (QED) is 0.846. The molecule has 0 amide bonds. The first kappa shape index (κ1) is 14.6. The fourth-order valence-electron chi connectivity index (χ4n) is 2.11. The number of benzene rings is 2. The summed E-state index contributed by atoms with van der Waals surface area (Å²) in [5.74, 6) is -0.973. The summed E-state index contributed by atoms with van der Waals surface area (Å²) in [5, 5.41) is 9.10. The highest BCUT2D eigenvalue weighted by Gasteiger charge is 2.12. The van der Waals surface area contributed by atoms with Crippen LogP contribution in [-0.4, -0.2) is 11.1 Å². The van der Waals surface area contributed by atoms with Crippen molar-refractivity contribution in [3.63, 3.8) is 0 Å². The number of rotatable bonds is 4. The predicted octanol–water partition coefficient (Wildman–Crippen LogP) is 4.43. The number of carbonyl (C=O) groups is 1. The van der Waals surface area contributed by atoms with Crippen molar-refractivity contribution in [2.24, 2.45) is 0 Å². The van der Waals surface area contributed by atoms with Gasteiger partial charge in [-0.15, -0.1) is 11.8 Å². The number of halogens is 1. The zero-order valence-corrected chi connectivity index (χ0v) is 12.1. The van der Waals surface area contributed by atoms with Crippen LogP contribution in [0.15, 0.2) is 41.3 Å². The van der Waals surface area contributed by atoms with Crippen LogP contribution in [0.4, 0.5) is 4.39 Å². The highest BCUT2D eigenvalue weighted by atomic mass is 32.2. The van der Waals surface area contributed by atoms with E-state index in [-0.39, 0.29) is 5.56 Å². The Bertz CT molecular complexity index is 633. The number of hydrogen-bond acceptors (Lipinski definition) is 2. The first-order chi connectivity index (χ1) is 9.45. The maximum atomic E-state index is 13.1. The second-order valence-corrected chi connectivity index (χ2v) is 5.75. The van der Waals surface area contributed by atoms with Gasteiger partial charge in [-0.3, -0.25) is 0 Å². The monoisotopic (exact) mass is 290 g/mol. The Balaban J connectivity index is 2.20. The van der Waals surface area contributed by atoms with Crippen LogP contribution in [0.5, 0.6) is 0 Å². The molecule has 2 rings (SSSR count). The third kappa shape index (κ3) is 3.61.